The summed E-state index contributed by atoms with van der Waals surface area (Å²) in [5, 5.41) is 9.87. The first-order chi connectivity index (χ1) is 14.8. The van der Waals surface area contributed by atoms with Gasteiger partial charge >= 0.3 is 0 Å². The van der Waals surface area contributed by atoms with E-state index in [9.17, 15) is 5.41 Å². The second-order valence-corrected chi connectivity index (χ2v) is 9.05. The summed E-state index contributed by atoms with van der Waals surface area (Å²) in [6, 6.07) is 0. The monoisotopic (exact) mass is 451 g/mol. The fraction of sp³-hybridized carbons (Fsp3) is 0.429. The molecule has 0 unspecified atom stereocenters. The van der Waals surface area contributed by atoms with Gasteiger partial charge in [-0.05, 0) is 96.1 Å². The first-order valence-corrected chi connectivity index (χ1v) is 11.7. The smallest absolute Gasteiger partial charge is 0.0860 e. The van der Waals surface area contributed by atoms with Crippen molar-refractivity contribution < 1.29 is 0 Å². The summed E-state index contributed by atoms with van der Waals surface area (Å²) in [6.07, 6.45) is 3.72. The van der Waals surface area contributed by atoms with Crippen LogP contribution >= 0.6 is 12.6 Å². The standard InChI is InChI=1S/C28H41N3S/c1-12-16(6)18(8)24(17(7)15(4)5)28(30)26-23(14-3)22(13-2)25(19(9)27(26)29)20(10)31-21(11)32/h12,30,32H,11,13-14,29H2,1-10H3/b16-12-,24-18-,30-28?,31-20-. The van der Waals surface area contributed by atoms with Gasteiger partial charge < -0.3 is 5.73 Å². The number of nitrogen functional groups attached to an aromatic ring is 1. The van der Waals surface area contributed by atoms with Crippen molar-refractivity contribution in [3.63, 3.8) is 0 Å². The lowest BCUT2D eigenvalue weighted by molar-refractivity contribution is 1.02. The largest absolute Gasteiger partial charge is 0.398 e. The lowest BCUT2D eigenvalue weighted by Gasteiger charge is -2.25. The molecule has 0 radical (unpaired) electrons. The van der Waals surface area contributed by atoms with E-state index in [4.69, 9.17) is 5.73 Å². The van der Waals surface area contributed by atoms with Crippen LogP contribution in [0.15, 0.2) is 50.5 Å². The van der Waals surface area contributed by atoms with Crippen LogP contribution in [-0.2, 0) is 12.8 Å². The van der Waals surface area contributed by atoms with E-state index in [2.05, 4.69) is 78.7 Å². The maximum Gasteiger partial charge on any atom is 0.0860 e. The number of hydrogen-bond acceptors (Lipinski definition) is 4. The Hall–Kier alpha value is -2.33. The van der Waals surface area contributed by atoms with Crippen LogP contribution in [0.2, 0.25) is 0 Å². The Morgan fingerprint density at radius 2 is 1.50 bits per heavy atom. The summed E-state index contributed by atoms with van der Waals surface area (Å²) in [5.41, 5.74) is 19.5. The van der Waals surface area contributed by atoms with Gasteiger partial charge in [0, 0.05) is 28.1 Å². The maximum atomic E-state index is 9.40. The second-order valence-electron chi connectivity index (χ2n) is 8.54. The van der Waals surface area contributed by atoms with Crippen LogP contribution < -0.4 is 5.73 Å². The minimum absolute atomic E-state index is 0.472. The van der Waals surface area contributed by atoms with Gasteiger partial charge in [-0.2, -0.15) is 0 Å². The summed E-state index contributed by atoms with van der Waals surface area (Å²) in [4.78, 5) is 4.51. The molecule has 1 rings (SSSR count). The van der Waals surface area contributed by atoms with E-state index in [1.54, 1.807) is 0 Å². The molecule has 4 heteroatoms. The van der Waals surface area contributed by atoms with Gasteiger partial charge in [0.2, 0.25) is 0 Å². The van der Waals surface area contributed by atoms with Gasteiger partial charge in [-0.3, -0.25) is 5.41 Å². The lowest BCUT2D eigenvalue weighted by atomic mass is 9.80. The third kappa shape index (κ3) is 5.53. The van der Waals surface area contributed by atoms with Crippen molar-refractivity contribution in [1.82, 2.24) is 0 Å². The number of benzene rings is 1. The SMILES string of the molecule is C=C(S)/N=C(/C)c1c(C)c(N)c(C(=N)/C(C(C)=C(C)C)=C(C)\C(C)=C/C)c(CC)c1CC. The molecule has 0 aliphatic rings. The van der Waals surface area contributed by atoms with Crippen LogP contribution in [0.3, 0.4) is 0 Å². The molecule has 0 heterocycles. The van der Waals surface area contributed by atoms with Crippen LogP contribution in [0.25, 0.3) is 0 Å². The highest BCUT2D eigenvalue weighted by atomic mass is 32.1. The van der Waals surface area contributed by atoms with Crippen molar-refractivity contribution in [1.29, 1.82) is 5.41 Å². The van der Waals surface area contributed by atoms with E-state index < -0.39 is 0 Å². The first kappa shape index (κ1) is 27.7. The highest BCUT2D eigenvalue weighted by molar-refractivity contribution is 7.84. The van der Waals surface area contributed by atoms with E-state index in [0.29, 0.717) is 16.4 Å². The van der Waals surface area contributed by atoms with Crippen molar-refractivity contribution in [2.24, 2.45) is 4.99 Å². The molecule has 3 N–H and O–H groups in total. The van der Waals surface area contributed by atoms with E-state index in [0.717, 1.165) is 57.5 Å². The summed E-state index contributed by atoms with van der Waals surface area (Å²) in [5.74, 6) is 0. The molecule has 1 aromatic rings. The highest BCUT2D eigenvalue weighted by Crippen LogP contribution is 2.36. The Balaban J connectivity index is 4.17. The van der Waals surface area contributed by atoms with E-state index in [1.807, 2.05) is 20.8 Å². The third-order valence-electron chi connectivity index (χ3n) is 6.41. The molecule has 1 aromatic carbocycles. The van der Waals surface area contributed by atoms with E-state index in [1.165, 1.54) is 16.7 Å². The zero-order valence-corrected chi connectivity index (χ0v) is 22.6. The Bertz CT molecular complexity index is 1060. The minimum Gasteiger partial charge on any atom is -0.398 e. The molecule has 0 bridgehead atoms. The summed E-state index contributed by atoms with van der Waals surface area (Å²) < 4.78 is 0. The molecule has 32 heavy (non-hydrogen) atoms. The van der Waals surface area contributed by atoms with Crippen molar-refractivity contribution in [3.05, 3.63) is 73.4 Å². The van der Waals surface area contributed by atoms with Crippen LogP contribution in [-0.4, -0.2) is 11.4 Å². The molecule has 0 atom stereocenters. The fourth-order valence-corrected chi connectivity index (χ4v) is 4.41. The average molecular weight is 452 g/mol. The fourth-order valence-electron chi connectivity index (χ4n) is 4.26. The molecule has 0 saturated heterocycles. The molecular formula is C28H41N3S. The maximum absolute atomic E-state index is 9.40. The zero-order chi connectivity index (χ0) is 24.9. The van der Waals surface area contributed by atoms with Gasteiger partial charge in [-0.25, -0.2) is 4.99 Å². The first-order valence-electron chi connectivity index (χ1n) is 11.3. The van der Waals surface area contributed by atoms with Crippen LogP contribution in [0.5, 0.6) is 0 Å². The second kappa shape index (κ2) is 11.5. The Kier molecular flexibility index (Phi) is 9.96. The molecule has 3 nitrogen and oxygen atoms in total. The molecule has 0 aromatic heterocycles. The molecule has 0 aliphatic heterocycles. The molecule has 0 amide bonds. The predicted octanol–water partition coefficient (Wildman–Crippen LogP) is 7.92. The van der Waals surface area contributed by atoms with Gasteiger partial charge in [0.25, 0.3) is 0 Å². The van der Waals surface area contributed by atoms with Crippen LogP contribution in [0, 0.1) is 12.3 Å². The van der Waals surface area contributed by atoms with Gasteiger partial charge in [0.15, 0.2) is 0 Å². The van der Waals surface area contributed by atoms with Crippen LogP contribution in [0.4, 0.5) is 5.69 Å². The molecular weight excluding hydrogens is 410 g/mol. The van der Waals surface area contributed by atoms with Crippen molar-refractivity contribution in [2.75, 3.05) is 5.73 Å². The Morgan fingerprint density at radius 3 is 1.91 bits per heavy atom. The number of nitrogens with zero attached hydrogens (tertiary/aromatic N) is 1. The molecule has 0 saturated carbocycles. The number of anilines is 1. The Labute approximate surface area is 201 Å². The number of nitrogens with one attached hydrogen (secondary N) is 1. The zero-order valence-electron chi connectivity index (χ0n) is 21.7. The van der Waals surface area contributed by atoms with Gasteiger partial charge in [0.1, 0.15) is 0 Å². The quantitative estimate of drug-likeness (QED) is 0.160. The number of hydrogen-bond donors (Lipinski definition) is 3. The minimum atomic E-state index is 0.472. The van der Waals surface area contributed by atoms with Crippen molar-refractivity contribution >= 4 is 29.7 Å². The topological polar surface area (TPSA) is 62.2 Å². The summed E-state index contributed by atoms with van der Waals surface area (Å²) in [7, 11) is 0. The third-order valence-corrected chi connectivity index (χ3v) is 6.51. The number of nitrogens with two attached hydrogens (primary N) is 1. The average Bonchev–Trinajstić information content (AvgIpc) is 2.73. The normalized spacial score (nSPS) is 13.1. The highest BCUT2D eigenvalue weighted by Gasteiger charge is 2.25. The van der Waals surface area contributed by atoms with Gasteiger partial charge in [0.05, 0.1) is 10.7 Å². The lowest BCUT2D eigenvalue weighted by Crippen LogP contribution is -2.19. The summed E-state index contributed by atoms with van der Waals surface area (Å²) >= 11 is 4.27. The van der Waals surface area contributed by atoms with E-state index in [-0.39, 0.29) is 0 Å². The molecule has 174 valence electrons. The molecule has 0 aliphatic carbocycles. The van der Waals surface area contributed by atoms with Crippen LogP contribution in [0.1, 0.15) is 90.1 Å². The van der Waals surface area contributed by atoms with Crippen molar-refractivity contribution in [2.45, 2.75) is 82.1 Å². The number of allylic oxidation sites excluding steroid dienone is 6. The Morgan fingerprint density at radius 1 is 1.00 bits per heavy atom. The molecule has 0 fully saturated rings. The number of rotatable bonds is 8. The van der Waals surface area contributed by atoms with E-state index >= 15 is 0 Å². The van der Waals surface area contributed by atoms with Gasteiger partial charge in [-0.15, -0.1) is 12.6 Å². The van der Waals surface area contributed by atoms with Gasteiger partial charge in [-0.1, -0.05) is 37.6 Å². The molecule has 0 spiro atoms. The van der Waals surface area contributed by atoms with Crippen molar-refractivity contribution in [3.8, 4) is 0 Å². The summed E-state index contributed by atoms with van der Waals surface area (Å²) in [6.45, 7) is 24.6. The number of aliphatic imine (C=N–C) groups is 1. The predicted molar refractivity (Wildman–Crippen MR) is 148 cm³/mol. The number of thiol groups is 1.